The molecule has 0 bridgehead atoms. The second kappa shape index (κ2) is 31.4. The Balaban J connectivity index is 0.000000413. The van der Waals surface area contributed by atoms with Gasteiger partial charge >= 0.3 is 37.7 Å². The van der Waals surface area contributed by atoms with Crippen LogP contribution in [0.4, 0.5) is 0 Å². The second-order valence-electron chi connectivity index (χ2n) is 17.1. The van der Waals surface area contributed by atoms with E-state index in [-0.39, 0.29) is 47.5 Å². The van der Waals surface area contributed by atoms with Crippen LogP contribution in [0.2, 0.25) is 0 Å². The molecule has 0 heterocycles. The smallest absolute Gasteiger partial charge is 0.744 e. The largest absolute Gasteiger partial charge is 2.00 e. The minimum absolute atomic E-state index is 0. The molecule has 61 heavy (non-hydrogen) atoms. The average molecular weight is 903 g/mol. The van der Waals surface area contributed by atoms with Crippen molar-refractivity contribution >= 4 is 79.5 Å². The molecule has 0 aliphatic rings. The molecule has 0 aliphatic heterocycles. The van der Waals surface area contributed by atoms with Crippen molar-refractivity contribution in [2.24, 2.45) is 0 Å². The summed E-state index contributed by atoms with van der Waals surface area (Å²) in [5.41, 5.74) is 3.75. The zero-order valence-corrected chi connectivity index (χ0v) is 42.4. The first-order chi connectivity index (χ1) is 29.0. The summed E-state index contributed by atoms with van der Waals surface area (Å²) in [5.74, 6) is 0. The van der Waals surface area contributed by atoms with E-state index in [2.05, 4.69) is 39.8 Å². The standard InChI is InChI=1S/2C26H40O3S.Ca/c2*1-3-5-7-9-11-13-19-24-23-18-16-15-17-22(23)21-26(30(27,28)29)25(24)20-14-12-10-8-6-4-2;/h2*15-18,21H,3-14,19-20H2,1-2H3,(H,27,28,29);/q;;+2/p-2. The third kappa shape index (κ3) is 20.0. The van der Waals surface area contributed by atoms with E-state index in [1.54, 1.807) is 12.1 Å². The molecular formula is C52H78CaO6S2. The maximum absolute atomic E-state index is 12.1. The zero-order valence-electron chi connectivity index (χ0n) is 38.5. The molecule has 0 N–H and O–H groups in total. The van der Waals surface area contributed by atoms with Crippen molar-refractivity contribution in [2.75, 3.05) is 0 Å². The molecule has 0 spiro atoms. The van der Waals surface area contributed by atoms with Crippen molar-refractivity contribution in [3.63, 3.8) is 0 Å². The molecule has 0 radical (unpaired) electrons. The number of hydrogen-bond donors (Lipinski definition) is 0. The van der Waals surface area contributed by atoms with Crippen LogP contribution in [0, 0.1) is 0 Å². The fraction of sp³-hybridized carbons (Fsp3) is 0.615. The minimum Gasteiger partial charge on any atom is -0.744 e. The van der Waals surface area contributed by atoms with E-state index in [9.17, 15) is 25.9 Å². The van der Waals surface area contributed by atoms with Gasteiger partial charge in [0.2, 0.25) is 0 Å². The summed E-state index contributed by atoms with van der Waals surface area (Å²) in [5, 5.41) is 3.94. The van der Waals surface area contributed by atoms with Crippen molar-refractivity contribution in [1.82, 2.24) is 0 Å². The summed E-state index contributed by atoms with van der Waals surface area (Å²) in [7, 11) is -8.98. The molecule has 4 aromatic rings. The fourth-order valence-electron chi connectivity index (χ4n) is 8.77. The van der Waals surface area contributed by atoms with Gasteiger partial charge in [-0.2, -0.15) is 0 Å². The Morgan fingerprint density at radius 1 is 0.361 bits per heavy atom. The maximum Gasteiger partial charge on any atom is 2.00 e. The van der Waals surface area contributed by atoms with Gasteiger partial charge in [-0.3, -0.25) is 0 Å². The van der Waals surface area contributed by atoms with Crippen LogP contribution in [0.5, 0.6) is 0 Å². The van der Waals surface area contributed by atoms with E-state index in [0.29, 0.717) is 12.8 Å². The monoisotopic (exact) mass is 902 g/mol. The van der Waals surface area contributed by atoms with Crippen LogP contribution in [-0.4, -0.2) is 63.7 Å². The number of rotatable bonds is 30. The van der Waals surface area contributed by atoms with E-state index in [0.717, 1.165) is 108 Å². The second-order valence-corrected chi connectivity index (χ2v) is 19.8. The molecule has 0 saturated heterocycles. The van der Waals surface area contributed by atoms with Gasteiger partial charge in [0, 0.05) is 0 Å². The molecule has 0 unspecified atom stereocenters. The molecule has 0 amide bonds. The number of hydrogen-bond acceptors (Lipinski definition) is 6. The predicted octanol–water partition coefficient (Wildman–Crippen LogP) is 14.7. The van der Waals surface area contributed by atoms with Crippen LogP contribution in [0.25, 0.3) is 21.5 Å². The van der Waals surface area contributed by atoms with E-state index >= 15 is 0 Å². The number of unbranched alkanes of at least 4 members (excludes halogenated alkanes) is 20. The normalized spacial score (nSPS) is 11.8. The Morgan fingerprint density at radius 2 is 0.607 bits per heavy atom. The van der Waals surface area contributed by atoms with Crippen LogP contribution in [-0.2, 0) is 45.9 Å². The number of aryl methyl sites for hydroxylation is 2. The molecular weight excluding hydrogens is 825 g/mol. The van der Waals surface area contributed by atoms with Gasteiger partial charge in [0.05, 0.1) is 9.79 Å². The Morgan fingerprint density at radius 3 is 0.885 bits per heavy atom. The van der Waals surface area contributed by atoms with E-state index in [4.69, 9.17) is 0 Å². The van der Waals surface area contributed by atoms with E-state index in [1.807, 2.05) is 36.4 Å². The fourth-order valence-corrected chi connectivity index (χ4v) is 10.4. The Bertz CT molecular complexity index is 1900. The molecule has 336 valence electrons. The van der Waals surface area contributed by atoms with Gasteiger partial charge in [-0.1, -0.05) is 205 Å². The molecule has 0 saturated carbocycles. The molecule has 9 heteroatoms. The number of benzene rings is 4. The summed E-state index contributed by atoms with van der Waals surface area (Å²) in [6.45, 7) is 8.84. The third-order valence-corrected chi connectivity index (χ3v) is 13.9. The summed E-state index contributed by atoms with van der Waals surface area (Å²) < 4.78 is 72.7. The first-order valence-corrected chi connectivity index (χ1v) is 26.8. The molecule has 0 atom stereocenters. The van der Waals surface area contributed by atoms with Crippen molar-refractivity contribution in [1.29, 1.82) is 0 Å². The van der Waals surface area contributed by atoms with E-state index < -0.39 is 20.2 Å². The van der Waals surface area contributed by atoms with Gasteiger partial charge in [0.25, 0.3) is 0 Å². The summed E-state index contributed by atoms with van der Waals surface area (Å²) in [6, 6.07) is 19.0. The zero-order chi connectivity index (χ0) is 43.6. The Hall–Kier alpha value is -1.52. The summed E-state index contributed by atoms with van der Waals surface area (Å²) >= 11 is 0. The first-order valence-electron chi connectivity index (χ1n) is 24.0. The first kappa shape index (κ1) is 55.6. The van der Waals surface area contributed by atoms with Gasteiger partial charge in [0.15, 0.2) is 0 Å². The van der Waals surface area contributed by atoms with E-state index in [1.165, 1.54) is 103 Å². The number of fused-ring (bicyclic) bond motifs is 2. The topological polar surface area (TPSA) is 114 Å². The molecule has 0 fully saturated rings. The average Bonchev–Trinajstić information content (AvgIpc) is 3.22. The molecule has 0 aliphatic carbocycles. The van der Waals surface area contributed by atoms with Crippen LogP contribution in [0.1, 0.15) is 204 Å². The Labute approximate surface area is 402 Å². The van der Waals surface area contributed by atoms with Gasteiger partial charge in [-0.05, 0) is 107 Å². The van der Waals surface area contributed by atoms with Gasteiger partial charge in [-0.25, -0.2) is 16.8 Å². The van der Waals surface area contributed by atoms with Crippen molar-refractivity contribution in [2.45, 2.75) is 217 Å². The van der Waals surface area contributed by atoms with Gasteiger partial charge in [-0.15, -0.1) is 0 Å². The van der Waals surface area contributed by atoms with Gasteiger partial charge < -0.3 is 9.11 Å². The SMILES string of the molecule is CCCCCCCCc1c(S(=O)(=O)[O-])cc2ccccc2c1CCCCCCCC.CCCCCCCCc1c(S(=O)(=O)[O-])cc2ccccc2c1CCCCCCCC.[Ca+2]. The van der Waals surface area contributed by atoms with Crippen molar-refractivity contribution < 1.29 is 25.9 Å². The summed E-state index contributed by atoms with van der Waals surface area (Å²) in [6.07, 6.45) is 31.2. The third-order valence-electron chi connectivity index (χ3n) is 12.1. The van der Waals surface area contributed by atoms with Crippen LogP contribution in [0.15, 0.2) is 70.5 Å². The van der Waals surface area contributed by atoms with Crippen molar-refractivity contribution in [3.8, 4) is 0 Å². The Kier molecular flexibility index (Phi) is 28.6. The molecule has 4 aromatic carbocycles. The predicted molar refractivity (Wildman–Crippen MR) is 258 cm³/mol. The minimum atomic E-state index is -4.49. The maximum atomic E-state index is 12.1. The van der Waals surface area contributed by atoms with Crippen molar-refractivity contribution in [3.05, 3.63) is 82.9 Å². The summed E-state index contributed by atoms with van der Waals surface area (Å²) in [4.78, 5) is 0.0199. The molecule has 4 rings (SSSR count). The van der Waals surface area contributed by atoms with Gasteiger partial charge in [0.1, 0.15) is 20.2 Å². The molecule has 6 nitrogen and oxygen atoms in total. The van der Waals surface area contributed by atoms with Crippen LogP contribution in [0.3, 0.4) is 0 Å². The molecule has 0 aromatic heterocycles. The quantitative estimate of drug-likeness (QED) is 0.0292. The van der Waals surface area contributed by atoms with Crippen LogP contribution < -0.4 is 0 Å². The van der Waals surface area contributed by atoms with Crippen LogP contribution >= 0.6 is 0 Å².